The van der Waals surface area contributed by atoms with Crippen molar-refractivity contribution in [2.24, 2.45) is 0 Å². The minimum Gasteiger partial charge on any atom is -0.309 e. The zero-order valence-electron chi connectivity index (χ0n) is 35.7. The number of aromatic nitrogens is 3. The van der Waals surface area contributed by atoms with Crippen LogP contribution < -0.4 is 47.7 Å². The molecule has 0 atom stereocenters. The maximum atomic E-state index is 16.2. The molecule has 0 saturated heterocycles. The van der Waals surface area contributed by atoms with E-state index in [-0.39, 0.29) is 17.5 Å². The van der Waals surface area contributed by atoms with E-state index in [1.807, 2.05) is 255 Å². The van der Waals surface area contributed by atoms with Gasteiger partial charge in [-0.25, -0.2) is 15.0 Å². The summed E-state index contributed by atoms with van der Waals surface area (Å²) < 4.78 is 48.5. The van der Waals surface area contributed by atoms with Crippen molar-refractivity contribution in [2.75, 3.05) is 0 Å². The van der Waals surface area contributed by atoms with Crippen molar-refractivity contribution in [3.63, 3.8) is 0 Å². The number of benzene rings is 9. The van der Waals surface area contributed by atoms with Crippen LogP contribution >= 0.6 is 21.4 Å². The van der Waals surface area contributed by atoms with E-state index in [9.17, 15) is 0 Å². The normalized spacial score (nSPS) is 11.8. The van der Waals surface area contributed by atoms with Crippen molar-refractivity contribution in [3.05, 3.63) is 255 Å². The third-order valence-electron chi connectivity index (χ3n) is 11.8. The predicted octanol–water partition coefficient (Wildman–Crippen LogP) is 9.79. The summed E-state index contributed by atoms with van der Waals surface area (Å²) in [5.74, 6) is 0.766. The van der Waals surface area contributed by atoms with Crippen LogP contribution in [0.25, 0.3) is 34.2 Å². The molecular formula is C57H42N3O3P3. The second kappa shape index (κ2) is 18.3. The molecule has 0 aliphatic rings. The van der Waals surface area contributed by atoms with Gasteiger partial charge in [-0.3, -0.25) is 0 Å². The molecule has 6 nitrogen and oxygen atoms in total. The Balaban J connectivity index is 1.29. The van der Waals surface area contributed by atoms with Gasteiger partial charge < -0.3 is 13.7 Å². The first kappa shape index (κ1) is 42.6. The van der Waals surface area contributed by atoms with Crippen LogP contribution in [0.15, 0.2) is 255 Å². The fourth-order valence-electron chi connectivity index (χ4n) is 8.66. The summed E-state index contributed by atoms with van der Waals surface area (Å²) in [4.78, 5) is 15.9. The average Bonchev–Trinajstić information content (AvgIpc) is 3.41. The summed E-state index contributed by atoms with van der Waals surface area (Å²) in [5, 5.41) is 5.60. The fourth-order valence-corrected chi connectivity index (χ4v) is 17.2. The van der Waals surface area contributed by atoms with E-state index >= 15 is 13.7 Å². The van der Waals surface area contributed by atoms with Crippen molar-refractivity contribution in [1.82, 2.24) is 15.0 Å². The molecular weight excluding hydrogens is 868 g/mol. The van der Waals surface area contributed by atoms with Crippen molar-refractivity contribution in [2.45, 2.75) is 0 Å². The van der Waals surface area contributed by atoms with Gasteiger partial charge in [0, 0.05) is 64.4 Å². The van der Waals surface area contributed by atoms with Crippen LogP contribution in [0.5, 0.6) is 0 Å². The molecule has 10 aromatic rings. The van der Waals surface area contributed by atoms with E-state index in [4.69, 9.17) is 15.0 Å². The quantitative estimate of drug-likeness (QED) is 0.114. The first-order valence-corrected chi connectivity index (χ1v) is 26.7. The molecule has 0 bridgehead atoms. The van der Waals surface area contributed by atoms with Crippen LogP contribution in [0.4, 0.5) is 0 Å². The molecule has 318 valence electrons. The van der Waals surface area contributed by atoms with Crippen molar-refractivity contribution in [1.29, 1.82) is 0 Å². The van der Waals surface area contributed by atoms with Gasteiger partial charge in [0.05, 0.1) is 0 Å². The minimum absolute atomic E-state index is 0.255. The van der Waals surface area contributed by atoms with Crippen LogP contribution in [0.1, 0.15) is 0 Å². The van der Waals surface area contributed by atoms with Gasteiger partial charge in [0.1, 0.15) is 0 Å². The van der Waals surface area contributed by atoms with E-state index in [0.29, 0.717) is 64.4 Å². The highest BCUT2D eigenvalue weighted by Crippen LogP contribution is 2.48. The molecule has 0 aliphatic carbocycles. The Hall–Kier alpha value is -7.32. The first-order chi connectivity index (χ1) is 32.4. The average molecular weight is 910 g/mol. The van der Waals surface area contributed by atoms with Crippen LogP contribution in [-0.2, 0) is 13.7 Å². The van der Waals surface area contributed by atoms with Gasteiger partial charge in [-0.1, -0.05) is 255 Å². The Bertz CT molecular complexity index is 2940. The molecule has 0 saturated carbocycles. The Morgan fingerprint density at radius 1 is 0.212 bits per heavy atom. The van der Waals surface area contributed by atoms with E-state index in [0.717, 1.165) is 0 Å². The predicted molar refractivity (Wildman–Crippen MR) is 274 cm³/mol. The van der Waals surface area contributed by atoms with E-state index in [2.05, 4.69) is 0 Å². The Morgan fingerprint density at radius 3 is 0.576 bits per heavy atom. The summed E-state index contributed by atoms with van der Waals surface area (Å²) in [6.07, 6.45) is 0. The van der Waals surface area contributed by atoms with Crippen molar-refractivity contribution >= 4 is 69.2 Å². The molecule has 1 heterocycles. The smallest absolute Gasteiger partial charge is 0.171 e. The number of hydrogen-bond acceptors (Lipinski definition) is 6. The Kier molecular flexibility index (Phi) is 11.8. The van der Waals surface area contributed by atoms with Crippen LogP contribution in [0, 0.1) is 0 Å². The molecule has 1 aromatic heterocycles. The highest BCUT2D eigenvalue weighted by Gasteiger charge is 2.37. The zero-order valence-corrected chi connectivity index (χ0v) is 38.3. The van der Waals surface area contributed by atoms with Gasteiger partial charge in [-0.05, 0) is 0 Å². The molecule has 0 spiro atoms. The van der Waals surface area contributed by atoms with E-state index in [1.165, 1.54) is 0 Å². The summed E-state index contributed by atoms with van der Waals surface area (Å²) in [6.45, 7) is 0. The molecule has 9 aromatic carbocycles. The Labute approximate surface area is 384 Å². The second-order valence-electron chi connectivity index (χ2n) is 15.7. The lowest BCUT2D eigenvalue weighted by Gasteiger charge is -2.24. The molecule has 10 rings (SSSR count). The van der Waals surface area contributed by atoms with Crippen LogP contribution in [-0.4, -0.2) is 15.0 Å². The molecule has 9 heteroatoms. The van der Waals surface area contributed by atoms with Crippen LogP contribution in [0.2, 0.25) is 0 Å². The van der Waals surface area contributed by atoms with Gasteiger partial charge >= 0.3 is 0 Å². The monoisotopic (exact) mass is 909 g/mol. The standard InChI is InChI=1S/C57H42N3O3P3/c61-64(43-25-7-1-8-26-43,44-27-9-2-10-28-44)52-40-22-19-37-49(52)55-58-56(50-38-20-23-41-53(50)65(62,45-29-11-3-12-30-45)46-31-13-4-14-32-46)60-57(59-55)51-39-21-24-42-54(51)66(63,47-33-15-5-16-34-47)48-35-17-6-18-36-48/h1-42H. The molecule has 0 aliphatic heterocycles. The summed E-state index contributed by atoms with van der Waals surface area (Å²) >= 11 is 0. The summed E-state index contributed by atoms with van der Waals surface area (Å²) in [5.41, 5.74) is 1.62. The molecule has 0 unspecified atom stereocenters. The molecule has 0 fully saturated rings. The minimum atomic E-state index is -3.58. The largest absolute Gasteiger partial charge is 0.309 e. The Morgan fingerprint density at radius 2 is 0.379 bits per heavy atom. The van der Waals surface area contributed by atoms with Gasteiger partial charge in [0.2, 0.25) is 0 Å². The number of rotatable bonds is 12. The third kappa shape index (κ3) is 7.64. The first-order valence-electron chi connectivity index (χ1n) is 21.6. The van der Waals surface area contributed by atoms with E-state index < -0.39 is 21.4 Å². The maximum absolute atomic E-state index is 16.2. The molecule has 0 N–H and O–H groups in total. The molecule has 0 radical (unpaired) electrons. The van der Waals surface area contributed by atoms with Gasteiger partial charge in [-0.2, -0.15) is 0 Å². The summed E-state index contributed by atoms with van der Waals surface area (Å²) in [6, 6.07) is 79.7. The highest BCUT2D eigenvalue weighted by molar-refractivity contribution is 7.86. The molecule has 0 amide bonds. The highest BCUT2D eigenvalue weighted by atomic mass is 31.2. The third-order valence-corrected chi connectivity index (χ3v) is 21.2. The van der Waals surface area contributed by atoms with Gasteiger partial charge in [-0.15, -0.1) is 0 Å². The lowest BCUT2D eigenvalue weighted by atomic mass is 10.1. The van der Waals surface area contributed by atoms with Crippen LogP contribution in [0.3, 0.4) is 0 Å². The second-order valence-corrected chi connectivity index (χ2v) is 23.9. The number of nitrogens with zero attached hydrogens (tertiary/aromatic N) is 3. The van der Waals surface area contributed by atoms with Gasteiger partial charge in [0.25, 0.3) is 0 Å². The SMILES string of the molecule is O=P(c1ccccc1)(c1ccccc1)c1ccccc1-c1nc(-c2ccccc2P(=O)(c2ccccc2)c2ccccc2)nc(-c2ccccc2P(=O)(c2ccccc2)c2ccccc2)n1. The maximum Gasteiger partial charge on any atom is 0.171 e. The lowest BCUT2D eigenvalue weighted by Crippen LogP contribution is -2.28. The summed E-state index contributed by atoms with van der Waals surface area (Å²) in [7, 11) is -10.7. The lowest BCUT2D eigenvalue weighted by molar-refractivity contribution is 0.591. The molecule has 66 heavy (non-hydrogen) atoms. The number of hydrogen-bond donors (Lipinski definition) is 0. The van der Waals surface area contributed by atoms with Crippen molar-refractivity contribution in [3.8, 4) is 34.2 Å². The van der Waals surface area contributed by atoms with Gasteiger partial charge in [0.15, 0.2) is 38.9 Å². The zero-order chi connectivity index (χ0) is 45.0. The topological polar surface area (TPSA) is 89.9 Å². The fraction of sp³-hybridized carbons (Fsp3) is 0. The van der Waals surface area contributed by atoms with Crippen molar-refractivity contribution < 1.29 is 13.7 Å². The van der Waals surface area contributed by atoms with E-state index in [1.54, 1.807) is 0 Å².